The third kappa shape index (κ3) is 5.11. The Morgan fingerprint density at radius 1 is 1.00 bits per heavy atom. The molecule has 150 valence electrons. The summed E-state index contributed by atoms with van der Waals surface area (Å²) in [5, 5.41) is 2.80. The van der Waals surface area contributed by atoms with Crippen LogP contribution in [0, 0.1) is 6.92 Å². The van der Waals surface area contributed by atoms with Gasteiger partial charge in [0.1, 0.15) is 12.4 Å². The lowest BCUT2D eigenvalue weighted by Gasteiger charge is -2.25. The van der Waals surface area contributed by atoms with Gasteiger partial charge in [0.05, 0.1) is 11.4 Å². The highest BCUT2D eigenvalue weighted by Crippen LogP contribution is 2.22. The maximum atomic E-state index is 12.6. The first-order valence-electron chi connectivity index (χ1n) is 9.55. The number of piperidine rings is 1. The number of aryl methyl sites for hydroxylation is 1. The second-order valence-electron chi connectivity index (χ2n) is 6.91. The first-order chi connectivity index (χ1) is 13.5. The average molecular weight is 403 g/mol. The molecule has 1 aliphatic rings. The molecule has 7 heteroatoms. The molecule has 2 aromatic rings. The summed E-state index contributed by atoms with van der Waals surface area (Å²) in [7, 11) is -3.43. The Bertz CT molecular complexity index is 887. The molecular weight excluding hydrogens is 376 g/mol. The minimum atomic E-state index is -3.43. The highest BCUT2D eigenvalue weighted by molar-refractivity contribution is 7.89. The molecule has 2 aromatic carbocycles. The number of nitrogens with zero attached hydrogens (tertiary/aromatic N) is 1. The molecule has 1 fully saturated rings. The highest BCUT2D eigenvalue weighted by Gasteiger charge is 2.25. The maximum Gasteiger partial charge on any atom is 0.251 e. The molecule has 0 aliphatic carbocycles. The summed E-state index contributed by atoms with van der Waals surface area (Å²) >= 11 is 0. The minimum Gasteiger partial charge on any atom is -0.492 e. The Kier molecular flexibility index (Phi) is 6.70. The van der Waals surface area contributed by atoms with Gasteiger partial charge >= 0.3 is 0 Å². The van der Waals surface area contributed by atoms with Crippen LogP contribution in [0.1, 0.15) is 35.2 Å². The second-order valence-corrected chi connectivity index (χ2v) is 8.84. The number of hydrogen-bond donors (Lipinski definition) is 1. The number of nitrogens with one attached hydrogen (secondary N) is 1. The first kappa shape index (κ1) is 20.4. The topological polar surface area (TPSA) is 75.7 Å². The molecule has 1 aliphatic heterocycles. The number of ether oxygens (including phenoxy) is 1. The van der Waals surface area contributed by atoms with Gasteiger partial charge in [-0.15, -0.1) is 0 Å². The van der Waals surface area contributed by atoms with E-state index in [9.17, 15) is 13.2 Å². The monoisotopic (exact) mass is 402 g/mol. The van der Waals surface area contributed by atoms with E-state index in [0.29, 0.717) is 37.6 Å². The Labute approximate surface area is 166 Å². The van der Waals surface area contributed by atoms with Gasteiger partial charge in [-0.3, -0.25) is 4.79 Å². The fourth-order valence-electron chi connectivity index (χ4n) is 3.10. The van der Waals surface area contributed by atoms with Crippen LogP contribution in [0.25, 0.3) is 0 Å². The summed E-state index contributed by atoms with van der Waals surface area (Å²) in [6, 6.07) is 13.8. The summed E-state index contributed by atoms with van der Waals surface area (Å²) in [5.74, 6) is 0.425. The lowest BCUT2D eigenvalue weighted by molar-refractivity contribution is 0.0947. The third-order valence-corrected chi connectivity index (χ3v) is 6.66. The van der Waals surface area contributed by atoms with E-state index in [1.165, 1.54) is 0 Å². The number of carbonyl (C=O) groups excluding carboxylic acids is 1. The lowest BCUT2D eigenvalue weighted by Crippen LogP contribution is -2.35. The van der Waals surface area contributed by atoms with Crippen LogP contribution in [-0.4, -0.2) is 44.9 Å². The van der Waals surface area contributed by atoms with Gasteiger partial charge in [-0.25, -0.2) is 8.42 Å². The largest absolute Gasteiger partial charge is 0.492 e. The zero-order valence-corrected chi connectivity index (χ0v) is 16.9. The Balaban J connectivity index is 1.48. The predicted octanol–water partition coefficient (Wildman–Crippen LogP) is 2.98. The van der Waals surface area contributed by atoms with Crippen LogP contribution in [0.3, 0.4) is 0 Å². The van der Waals surface area contributed by atoms with E-state index in [1.54, 1.807) is 40.7 Å². The van der Waals surface area contributed by atoms with Crippen LogP contribution in [-0.2, 0) is 10.0 Å². The lowest BCUT2D eigenvalue weighted by atomic mass is 10.1. The third-order valence-electron chi connectivity index (χ3n) is 4.75. The van der Waals surface area contributed by atoms with E-state index < -0.39 is 10.0 Å². The number of sulfonamides is 1. The SMILES string of the molecule is Cc1ccc(C(=O)NCCOc2ccc(S(=O)(=O)N3CCCCC3)cc2)cc1. The van der Waals surface area contributed by atoms with E-state index in [2.05, 4.69) is 5.32 Å². The molecule has 28 heavy (non-hydrogen) atoms. The second kappa shape index (κ2) is 9.21. The minimum absolute atomic E-state index is 0.147. The van der Waals surface area contributed by atoms with Gasteiger partial charge < -0.3 is 10.1 Å². The van der Waals surface area contributed by atoms with Crippen molar-refractivity contribution in [2.45, 2.75) is 31.1 Å². The molecule has 0 unspecified atom stereocenters. The van der Waals surface area contributed by atoms with Crippen molar-refractivity contribution in [2.75, 3.05) is 26.2 Å². The molecule has 1 amide bonds. The molecule has 0 aromatic heterocycles. The van der Waals surface area contributed by atoms with Crippen molar-refractivity contribution in [3.8, 4) is 5.75 Å². The summed E-state index contributed by atoms with van der Waals surface area (Å²) < 4.78 is 32.4. The fourth-order valence-corrected chi connectivity index (χ4v) is 4.62. The van der Waals surface area contributed by atoms with E-state index in [0.717, 1.165) is 24.8 Å². The van der Waals surface area contributed by atoms with Gasteiger partial charge in [0.15, 0.2) is 0 Å². The molecule has 0 saturated carbocycles. The van der Waals surface area contributed by atoms with Crippen molar-refractivity contribution in [3.63, 3.8) is 0 Å². The molecule has 0 radical (unpaired) electrons. The summed E-state index contributed by atoms with van der Waals surface area (Å²) in [5.41, 5.74) is 1.71. The Morgan fingerprint density at radius 3 is 2.29 bits per heavy atom. The molecule has 0 bridgehead atoms. The van der Waals surface area contributed by atoms with E-state index in [-0.39, 0.29) is 10.8 Å². The number of rotatable bonds is 7. The smallest absolute Gasteiger partial charge is 0.251 e. The van der Waals surface area contributed by atoms with Crippen LogP contribution in [0.4, 0.5) is 0 Å². The van der Waals surface area contributed by atoms with Crippen molar-refractivity contribution in [1.29, 1.82) is 0 Å². The van der Waals surface area contributed by atoms with Crippen molar-refractivity contribution < 1.29 is 17.9 Å². The Morgan fingerprint density at radius 2 is 1.64 bits per heavy atom. The molecule has 1 heterocycles. The highest BCUT2D eigenvalue weighted by atomic mass is 32.2. The van der Waals surface area contributed by atoms with Crippen LogP contribution in [0.5, 0.6) is 5.75 Å². The molecule has 0 spiro atoms. The van der Waals surface area contributed by atoms with E-state index in [4.69, 9.17) is 4.74 Å². The van der Waals surface area contributed by atoms with Gasteiger partial charge in [-0.1, -0.05) is 24.1 Å². The predicted molar refractivity (Wildman–Crippen MR) is 108 cm³/mol. The van der Waals surface area contributed by atoms with Crippen molar-refractivity contribution in [3.05, 3.63) is 59.7 Å². The zero-order chi connectivity index (χ0) is 20.0. The molecule has 3 rings (SSSR count). The molecule has 1 saturated heterocycles. The number of carbonyl (C=O) groups is 1. The zero-order valence-electron chi connectivity index (χ0n) is 16.1. The molecule has 1 N–H and O–H groups in total. The van der Waals surface area contributed by atoms with Gasteiger partial charge in [0, 0.05) is 18.7 Å². The summed E-state index contributed by atoms with van der Waals surface area (Å²) in [4.78, 5) is 12.3. The fraction of sp³-hybridized carbons (Fsp3) is 0.381. The standard InChI is InChI=1S/C21H26N2O4S/c1-17-5-7-18(8-6-17)21(24)22-13-16-27-19-9-11-20(12-10-19)28(25,26)23-14-3-2-4-15-23/h5-12H,2-4,13-16H2,1H3,(H,22,24). The quantitative estimate of drug-likeness (QED) is 0.723. The number of amides is 1. The van der Waals surface area contributed by atoms with Gasteiger partial charge in [-0.2, -0.15) is 4.31 Å². The van der Waals surface area contributed by atoms with Gasteiger partial charge in [0.25, 0.3) is 5.91 Å². The maximum absolute atomic E-state index is 12.6. The van der Waals surface area contributed by atoms with Gasteiger partial charge in [-0.05, 0) is 56.2 Å². The Hall–Kier alpha value is -2.38. The summed E-state index contributed by atoms with van der Waals surface area (Å²) in [6.07, 6.45) is 2.91. The van der Waals surface area contributed by atoms with Crippen molar-refractivity contribution in [2.24, 2.45) is 0 Å². The van der Waals surface area contributed by atoms with Crippen LogP contribution in [0.2, 0.25) is 0 Å². The van der Waals surface area contributed by atoms with E-state index >= 15 is 0 Å². The van der Waals surface area contributed by atoms with Gasteiger partial charge in [0.2, 0.25) is 10.0 Å². The van der Waals surface area contributed by atoms with Crippen molar-refractivity contribution >= 4 is 15.9 Å². The number of hydrogen-bond acceptors (Lipinski definition) is 4. The number of benzene rings is 2. The van der Waals surface area contributed by atoms with Crippen LogP contribution >= 0.6 is 0 Å². The van der Waals surface area contributed by atoms with Crippen molar-refractivity contribution in [1.82, 2.24) is 9.62 Å². The summed E-state index contributed by atoms with van der Waals surface area (Å²) in [6.45, 7) is 3.80. The van der Waals surface area contributed by atoms with Crippen LogP contribution < -0.4 is 10.1 Å². The molecular formula is C21H26N2O4S. The first-order valence-corrected chi connectivity index (χ1v) is 11.0. The average Bonchev–Trinajstić information content (AvgIpc) is 2.72. The van der Waals surface area contributed by atoms with Crippen LogP contribution in [0.15, 0.2) is 53.4 Å². The van der Waals surface area contributed by atoms with E-state index in [1.807, 2.05) is 19.1 Å². The molecule has 6 nitrogen and oxygen atoms in total. The normalized spacial score (nSPS) is 15.2. The molecule has 0 atom stereocenters.